The van der Waals surface area contributed by atoms with Crippen molar-refractivity contribution in [3.05, 3.63) is 24.3 Å². The van der Waals surface area contributed by atoms with Crippen LogP contribution in [0.5, 0.6) is 0 Å². The van der Waals surface area contributed by atoms with Crippen LogP contribution in [0.15, 0.2) is 29.2 Å². The number of benzene rings is 1. The predicted octanol–water partition coefficient (Wildman–Crippen LogP) is 1.69. The number of hydrogen-bond donors (Lipinski definition) is 1. The van der Waals surface area contributed by atoms with Gasteiger partial charge >= 0.3 is 0 Å². The fourth-order valence-corrected chi connectivity index (χ4v) is 3.75. The zero-order chi connectivity index (χ0) is 12.5. The Balaban J connectivity index is 2.26. The summed E-state index contributed by atoms with van der Waals surface area (Å²) in [6.07, 6.45) is 2.04. The maximum Gasteiger partial charge on any atom is 0.243 e. The highest BCUT2D eigenvalue weighted by molar-refractivity contribution is 7.89. The third kappa shape index (κ3) is 2.61. The van der Waals surface area contributed by atoms with E-state index >= 15 is 0 Å². The highest BCUT2D eigenvalue weighted by Crippen LogP contribution is 2.23. The molecule has 4 nitrogen and oxygen atoms in total. The summed E-state index contributed by atoms with van der Waals surface area (Å²) in [5, 5.41) is 0. The molecule has 1 aliphatic rings. The highest BCUT2D eigenvalue weighted by Gasteiger charge is 2.28. The summed E-state index contributed by atoms with van der Waals surface area (Å²) >= 11 is 0. The lowest BCUT2D eigenvalue weighted by Crippen LogP contribution is -2.39. The predicted molar refractivity (Wildman–Crippen MR) is 68.0 cm³/mol. The van der Waals surface area contributed by atoms with Crippen molar-refractivity contribution in [1.29, 1.82) is 0 Å². The Bertz CT molecular complexity index is 482. The number of rotatable bonds is 2. The number of anilines is 1. The van der Waals surface area contributed by atoms with Gasteiger partial charge in [0.25, 0.3) is 0 Å². The minimum atomic E-state index is -3.33. The van der Waals surface area contributed by atoms with E-state index in [1.165, 1.54) is 0 Å². The first-order valence-electron chi connectivity index (χ1n) is 5.86. The first-order chi connectivity index (χ1) is 8.00. The van der Waals surface area contributed by atoms with Crippen LogP contribution in [0.3, 0.4) is 0 Å². The number of nitrogens with two attached hydrogens (primary N) is 1. The zero-order valence-electron chi connectivity index (χ0n) is 9.96. The molecule has 1 aromatic carbocycles. The SMILES string of the molecule is C[C@H]1CCCN(S(=O)(=O)c2ccc(N)cc2)C1. The summed E-state index contributed by atoms with van der Waals surface area (Å²) in [6, 6.07) is 6.40. The van der Waals surface area contributed by atoms with Crippen molar-refractivity contribution in [2.24, 2.45) is 5.92 Å². The van der Waals surface area contributed by atoms with Gasteiger partial charge in [0.15, 0.2) is 0 Å². The smallest absolute Gasteiger partial charge is 0.243 e. The van der Waals surface area contributed by atoms with E-state index in [1.54, 1.807) is 28.6 Å². The van der Waals surface area contributed by atoms with E-state index < -0.39 is 10.0 Å². The maximum absolute atomic E-state index is 12.3. The lowest BCUT2D eigenvalue weighted by molar-refractivity contribution is 0.281. The van der Waals surface area contributed by atoms with Gasteiger partial charge in [-0.05, 0) is 43.0 Å². The lowest BCUT2D eigenvalue weighted by Gasteiger charge is -2.30. The van der Waals surface area contributed by atoms with Crippen molar-refractivity contribution in [3.8, 4) is 0 Å². The molecule has 2 rings (SSSR count). The van der Waals surface area contributed by atoms with Gasteiger partial charge in [-0.3, -0.25) is 0 Å². The van der Waals surface area contributed by atoms with E-state index in [2.05, 4.69) is 6.92 Å². The van der Waals surface area contributed by atoms with Crippen molar-refractivity contribution in [3.63, 3.8) is 0 Å². The third-order valence-electron chi connectivity index (χ3n) is 3.14. The van der Waals surface area contributed by atoms with Gasteiger partial charge in [0.05, 0.1) is 4.90 Å². The molecular formula is C12H18N2O2S. The molecule has 1 fully saturated rings. The van der Waals surface area contributed by atoms with Gasteiger partial charge < -0.3 is 5.73 Å². The summed E-state index contributed by atoms with van der Waals surface area (Å²) in [6.45, 7) is 3.33. The van der Waals surface area contributed by atoms with Gasteiger partial charge in [-0.25, -0.2) is 8.42 Å². The largest absolute Gasteiger partial charge is 0.399 e. The number of piperidine rings is 1. The Hall–Kier alpha value is -1.07. The van der Waals surface area contributed by atoms with Crippen LogP contribution in [-0.4, -0.2) is 25.8 Å². The molecular weight excluding hydrogens is 236 g/mol. The molecule has 1 aromatic rings. The average Bonchev–Trinajstić information content (AvgIpc) is 2.29. The molecule has 1 heterocycles. The molecule has 0 radical (unpaired) electrons. The maximum atomic E-state index is 12.3. The number of sulfonamides is 1. The molecule has 17 heavy (non-hydrogen) atoms. The van der Waals surface area contributed by atoms with Gasteiger partial charge in [-0.15, -0.1) is 0 Å². The van der Waals surface area contributed by atoms with E-state index in [1.807, 2.05) is 0 Å². The fourth-order valence-electron chi connectivity index (χ4n) is 2.15. The van der Waals surface area contributed by atoms with Crippen LogP contribution in [-0.2, 0) is 10.0 Å². The van der Waals surface area contributed by atoms with Gasteiger partial charge in [0, 0.05) is 18.8 Å². The van der Waals surface area contributed by atoms with Crippen molar-refractivity contribution in [1.82, 2.24) is 4.31 Å². The molecule has 0 aromatic heterocycles. The average molecular weight is 254 g/mol. The minimum absolute atomic E-state index is 0.334. The molecule has 0 unspecified atom stereocenters. The summed E-state index contributed by atoms with van der Waals surface area (Å²) in [5.74, 6) is 0.437. The van der Waals surface area contributed by atoms with Crippen LogP contribution >= 0.6 is 0 Å². The first kappa shape index (κ1) is 12.4. The number of hydrogen-bond acceptors (Lipinski definition) is 3. The van der Waals surface area contributed by atoms with Crippen molar-refractivity contribution < 1.29 is 8.42 Å². The second-order valence-corrected chi connectivity index (χ2v) is 6.62. The molecule has 94 valence electrons. The van der Waals surface area contributed by atoms with Crippen molar-refractivity contribution in [2.75, 3.05) is 18.8 Å². The Kier molecular flexibility index (Phi) is 3.40. The number of nitrogens with zero attached hydrogens (tertiary/aromatic N) is 1. The highest BCUT2D eigenvalue weighted by atomic mass is 32.2. The number of nitrogen functional groups attached to an aromatic ring is 1. The molecule has 2 N–H and O–H groups in total. The first-order valence-corrected chi connectivity index (χ1v) is 7.30. The van der Waals surface area contributed by atoms with E-state index in [0.29, 0.717) is 29.6 Å². The van der Waals surface area contributed by atoms with Crippen LogP contribution in [0.2, 0.25) is 0 Å². The Morgan fingerprint density at radius 2 is 1.94 bits per heavy atom. The van der Waals surface area contributed by atoms with E-state index in [-0.39, 0.29) is 0 Å². The van der Waals surface area contributed by atoms with Gasteiger partial charge in [0.1, 0.15) is 0 Å². The van der Waals surface area contributed by atoms with E-state index in [9.17, 15) is 8.42 Å². The van der Waals surface area contributed by atoms with E-state index in [4.69, 9.17) is 5.73 Å². The van der Waals surface area contributed by atoms with Crippen LogP contribution in [0.4, 0.5) is 5.69 Å². The Morgan fingerprint density at radius 3 is 2.53 bits per heavy atom. The molecule has 0 aliphatic carbocycles. The van der Waals surface area contributed by atoms with E-state index in [0.717, 1.165) is 12.8 Å². The molecule has 1 atom stereocenters. The Morgan fingerprint density at radius 1 is 1.29 bits per heavy atom. The summed E-state index contributed by atoms with van der Waals surface area (Å²) < 4.78 is 26.2. The van der Waals surface area contributed by atoms with Crippen LogP contribution < -0.4 is 5.73 Å². The molecule has 5 heteroatoms. The minimum Gasteiger partial charge on any atom is -0.399 e. The topological polar surface area (TPSA) is 63.4 Å². The second-order valence-electron chi connectivity index (χ2n) is 4.68. The summed E-state index contributed by atoms with van der Waals surface area (Å²) in [5.41, 5.74) is 6.14. The zero-order valence-corrected chi connectivity index (χ0v) is 10.8. The summed E-state index contributed by atoms with van der Waals surface area (Å²) in [7, 11) is -3.33. The molecule has 0 saturated carbocycles. The second kappa shape index (κ2) is 4.66. The van der Waals surface area contributed by atoms with Crippen molar-refractivity contribution >= 4 is 15.7 Å². The fraction of sp³-hybridized carbons (Fsp3) is 0.500. The van der Waals surface area contributed by atoms with Gasteiger partial charge in [-0.2, -0.15) is 4.31 Å². The van der Waals surface area contributed by atoms with Gasteiger partial charge in [-0.1, -0.05) is 6.92 Å². The molecule has 0 amide bonds. The third-order valence-corrected chi connectivity index (χ3v) is 5.02. The quantitative estimate of drug-likeness (QED) is 0.817. The van der Waals surface area contributed by atoms with Crippen LogP contribution in [0.25, 0.3) is 0 Å². The van der Waals surface area contributed by atoms with Crippen molar-refractivity contribution in [2.45, 2.75) is 24.7 Å². The Labute approximate surface area is 102 Å². The molecule has 1 aliphatic heterocycles. The standard InChI is InChI=1S/C12H18N2O2S/c1-10-3-2-8-14(9-10)17(15,16)12-6-4-11(13)5-7-12/h4-7,10H,2-3,8-9,13H2,1H3/t10-/m0/s1. The van der Waals surface area contributed by atoms with Crippen LogP contribution in [0, 0.1) is 5.92 Å². The normalized spacial score (nSPS) is 22.5. The van der Waals surface area contributed by atoms with Gasteiger partial charge in [0.2, 0.25) is 10.0 Å². The molecule has 0 spiro atoms. The molecule has 1 saturated heterocycles. The van der Waals surface area contributed by atoms with Crippen LogP contribution in [0.1, 0.15) is 19.8 Å². The lowest BCUT2D eigenvalue weighted by atomic mass is 10.0. The molecule has 0 bridgehead atoms. The summed E-state index contributed by atoms with van der Waals surface area (Å²) in [4.78, 5) is 0.334. The monoisotopic (exact) mass is 254 g/mol.